The lowest BCUT2D eigenvalue weighted by Gasteiger charge is -2.63. The van der Waals surface area contributed by atoms with E-state index in [2.05, 4.69) is 6.92 Å². The van der Waals surface area contributed by atoms with Gasteiger partial charge < -0.3 is 24.1 Å². The van der Waals surface area contributed by atoms with Gasteiger partial charge in [-0.15, -0.1) is 0 Å². The van der Waals surface area contributed by atoms with E-state index in [4.69, 9.17) is 18.9 Å². The molecule has 5 nitrogen and oxygen atoms in total. The van der Waals surface area contributed by atoms with Crippen LogP contribution < -0.4 is 0 Å². The first-order valence-electron chi connectivity index (χ1n) is 12.3. The van der Waals surface area contributed by atoms with Crippen LogP contribution in [0, 0.1) is 40.4 Å². The Balaban J connectivity index is 1.42. The molecule has 4 saturated carbocycles. The molecule has 2 aliphatic heterocycles. The van der Waals surface area contributed by atoms with Gasteiger partial charge in [-0.1, -0.05) is 19.8 Å². The van der Waals surface area contributed by atoms with Crippen LogP contribution in [0.3, 0.4) is 0 Å². The molecule has 1 N–H and O–H groups in total. The van der Waals surface area contributed by atoms with Crippen LogP contribution in [-0.4, -0.2) is 50.2 Å². The van der Waals surface area contributed by atoms with Crippen molar-refractivity contribution in [2.24, 2.45) is 40.4 Å². The summed E-state index contributed by atoms with van der Waals surface area (Å²) in [5.74, 6) is 2.51. The molecule has 6 rings (SSSR count). The van der Waals surface area contributed by atoms with E-state index in [9.17, 15) is 5.11 Å². The molecule has 2 saturated heterocycles. The molecule has 2 bridgehead atoms. The fourth-order valence-electron chi connectivity index (χ4n) is 9.46. The van der Waals surface area contributed by atoms with Gasteiger partial charge in [0.1, 0.15) is 0 Å². The monoisotopic (exact) mass is 406 g/mol. The Morgan fingerprint density at radius 3 is 2.34 bits per heavy atom. The van der Waals surface area contributed by atoms with E-state index >= 15 is 0 Å². The minimum atomic E-state index is -0.528. The van der Waals surface area contributed by atoms with E-state index in [0.717, 1.165) is 31.6 Å². The highest BCUT2D eigenvalue weighted by Crippen LogP contribution is 2.71. The zero-order valence-electron chi connectivity index (χ0n) is 17.9. The van der Waals surface area contributed by atoms with Crippen LogP contribution in [0.15, 0.2) is 0 Å². The third-order valence-electron chi connectivity index (χ3n) is 10.4. The molecule has 0 radical (unpaired) electrons. The van der Waals surface area contributed by atoms with Gasteiger partial charge in [-0.2, -0.15) is 0 Å². The predicted octanol–water partition coefficient (Wildman–Crippen LogP) is 3.73. The maximum absolute atomic E-state index is 10.4. The van der Waals surface area contributed by atoms with Crippen LogP contribution in [0.2, 0.25) is 0 Å². The number of rotatable bonds is 1. The molecular weight excluding hydrogens is 368 g/mol. The molecule has 6 aliphatic rings. The van der Waals surface area contributed by atoms with Crippen LogP contribution in [-0.2, 0) is 18.9 Å². The van der Waals surface area contributed by atoms with Crippen molar-refractivity contribution in [1.82, 2.24) is 0 Å². The molecule has 1 spiro atoms. The summed E-state index contributed by atoms with van der Waals surface area (Å²) in [5, 5.41) is 10.4. The quantitative estimate of drug-likeness (QED) is 0.719. The van der Waals surface area contributed by atoms with Crippen molar-refractivity contribution in [3.05, 3.63) is 0 Å². The lowest BCUT2D eigenvalue weighted by Crippen LogP contribution is -2.63. The molecule has 1 unspecified atom stereocenters. The number of fused-ring (bicyclic) bond motifs is 4. The highest BCUT2D eigenvalue weighted by molar-refractivity contribution is 5.16. The normalized spacial score (nSPS) is 56.9. The summed E-state index contributed by atoms with van der Waals surface area (Å²) in [7, 11) is 0. The van der Waals surface area contributed by atoms with E-state index in [-0.39, 0.29) is 11.7 Å². The SMILES string of the molecule is C[C@]12CCCC[C@@H]1C(CO)C[C@@H]1[C@@H]2CC[C@]23C4OCCOC2(CC[C@@H]13)OCCO4. The van der Waals surface area contributed by atoms with Gasteiger partial charge in [0.15, 0.2) is 12.1 Å². The second kappa shape index (κ2) is 6.90. The van der Waals surface area contributed by atoms with Crippen molar-refractivity contribution in [2.75, 3.05) is 33.0 Å². The largest absolute Gasteiger partial charge is 0.396 e. The smallest absolute Gasteiger partial charge is 0.179 e. The third kappa shape index (κ3) is 2.46. The van der Waals surface area contributed by atoms with Gasteiger partial charge in [0.25, 0.3) is 0 Å². The van der Waals surface area contributed by atoms with Gasteiger partial charge in [-0.3, -0.25) is 0 Å². The Morgan fingerprint density at radius 1 is 0.828 bits per heavy atom. The van der Waals surface area contributed by atoms with E-state index in [1.54, 1.807) is 0 Å². The van der Waals surface area contributed by atoms with Gasteiger partial charge in [0.05, 0.1) is 31.8 Å². The van der Waals surface area contributed by atoms with E-state index in [0.29, 0.717) is 62.1 Å². The summed E-state index contributed by atoms with van der Waals surface area (Å²) in [5.41, 5.74) is 0.199. The second-order valence-electron chi connectivity index (χ2n) is 11.1. The van der Waals surface area contributed by atoms with Crippen LogP contribution >= 0.6 is 0 Å². The average Bonchev–Trinajstić information content (AvgIpc) is 2.91. The maximum Gasteiger partial charge on any atom is 0.179 e. The average molecular weight is 407 g/mol. The van der Waals surface area contributed by atoms with Crippen molar-refractivity contribution >= 4 is 0 Å². The molecule has 0 amide bonds. The van der Waals surface area contributed by atoms with Gasteiger partial charge in [-0.25, -0.2) is 0 Å². The fraction of sp³-hybridized carbons (Fsp3) is 1.00. The van der Waals surface area contributed by atoms with Crippen LogP contribution in [0.4, 0.5) is 0 Å². The first-order chi connectivity index (χ1) is 14.1. The minimum Gasteiger partial charge on any atom is -0.396 e. The minimum absolute atomic E-state index is 0.182. The van der Waals surface area contributed by atoms with Gasteiger partial charge in [0, 0.05) is 13.0 Å². The lowest BCUT2D eigenvalue weighted by molar-refractivity contribution is -0.320. The van der Waals surface area contributed by atoms with Crippen LogP contribution in [0.25, 0.3) is 0 Å². The Kier molecular flexibility index (Phi) is 4.63. The summed E-state index contributed by atoms with van der Waals surface area (Å²) >= 11 is 0. The zero-order chi connectivity index (χ0) is 19.7. The molecule has 164 valence electrons. The Labute approximate surface area is 174 Å². The van der Waals surface area contributed by atoms with Crippen molar-refractivity contribution in [3.63, 3.8) is 0 Å². The zero-order valence-corrected chi connectivity index (χ0v) is 17.9. The molecular formula is C24H38O5. The fourth-order valence-corrected chi connectivity index (χ4v) is 9.46. The topological polar surface area (TPSA) is 57.2 Å². The highest BCUT2D eigenvalue weighted by Gasteiger charge is 2.73. The summed E-state index contributed by atoms with van der Waals surface area (Å²) in [6, 6.07) is 0. The molecule has 2 heterocycles. The van der Waals surface area contributed by atoms with E-state index < -0.39 is 5.79 Å². The summed E-state index contributed by atoms with van der Waals surface area (Å²) in [4.78, 5) is 0. The van der Waals surface area contributed by atoms with E-state index in [1.807, 2.05) is 0 Å². The first kappa shape index (κ1) is 19.5. The molecule has 7 atom stereocenters. The van der Waals surface area contributed by atoms with Crippen LogP contribution in [0.5, 0.6) is 0 Å². The predicted molar refractivity (Wildman–Crippen MR) is 107 cm³/mol. The summed E-state index contributed by atoms with van der Waals surface area (Å²) < 4.78 is 25.6. The number of aliphatic hydroxyl groups is 1. The number of hydrogen-bond acceptors (Lipinski definition) is 5. The van der Waals surface area contributed by atoms with Crippen molar-refractivity contribution in [1.29, 1.82) is 0 Å². The highest BCUT2D eigenvalue weighted by atomic mass is 16.8. The van der Waals surface area contributed by atoms with Crippen LogP contribution in [0.1, 0.15) is 64.7 Å². The van der Waals surface area contributed by atoms with Crippen molar-refractivity contribution < 1.29 is 24.1 Å². The molecule has 0 aromatic rings. The third-order valence-corrected chi connectivity index (χ3v) is 10.4. The number of ether oxygens (including phenoxy) is 4. The molecule has 5 heteroatoms. The van der Waals surface area contributed by atoms with Crippen molar-refractivity contribution in [2.45, 2.75) is 76.8 Å². The molecule has 29 heavy (non-hydrogen) atoms. The number of aliphatic hydroxyl groups excluding tert-OH is 1. The van der Waals surface area contributed by atoms with Crippen molar-refractivity contribution in [3.8, 4) is 0 Å². The maximum atomic E-state index is 10.4. The second-order valence-corrected chi connectivity index (χ2v) is 11.1. The molecule has 0 aromatic carbocycles. The Morgan fingerprint density at radius 2 is 1.59 bits per heavy atom. The molecule has 4 aliphatic carbocycles. The summed E-state index contributed by atoms with van der Waals surface area (Å²) in [6.45, 7) is 5.30. The van der Waals surface area contributed by atoms with E-state index in [1.165, 1.54) is 32.1 Å². The first-order valence-corrected chi connectivity index (χ1v) is 12.3. The Bertz CT molecular complexity index is 627. The lowest BCUT2D eigenvalue weighted by atomic mass is 9.42. The number of hydrogen-bond donors (Lipinski definition) is 1. The van der Waals surface area contributed by atoms with Gasteiger partial charge >= 0.3 is 0 Å². The molecule has 0 aromatic heterocycles. The van der Waals surface area contributed by atoms with Gasteiger partial charge in [0.2, 0.25) is 0 Å². The van der Waals surface area contributed by atoms with Gasteiger partial charge in [-0.05, 0) is 73.5 Å². The molecule has 6 fully saturated rings. The Hall–Kier alpha value is -0.200. The standard InChI is InChI=1S/C24H38O5/c1-22-7-3-2-4-18(22)16(15-25)14-17-19(22)5-8-23-20(17)6-9-24(23)28-12-10-26-21(23)27-11-13-29-24/h16-21,25H,2-15H2,1H3/t16?,17-,18-,19+,20+,21?,22+,23+,24?/m1/s1. The summed E-state index contributed by atoms with van der Waals surface area (Å²) in [6.07, 6.45) is 10.7.